The molecule has 1 aliphatic heterocycles. The van der Waals surface area contributed by atoms with E-state index in [1.807, 2.05) is 42.6 Å². The van der Waals surface area contributed by atoms with E-state index in [0.29, 0.717) is 27.8 Å². The van der Waals surface area contributed by atoms with E-state index < -0.39 is 12.1 Å². The van der Waals surface area contributed by atoms with Gasteiger partial charge in [-0.15, -0.1) is 10.2 Å². The summed E-state index contributed by atoms with van der Waals surface area (Å²) >= 11 is 6.12. The third-order valence-electron chi connectivity index (χ3n) is 5.77. The SMILES string of the molecule is CNC(=O)n1nc(C)c2c1C(=O)N(c1cc(C)c3nnc(C)n3c1)C2c1ccc(Cl)cc1. The molecule has 2 amide bonds. The number of anilines is 1. The van der Waals surface area contributed by atoms with Crippen molar-refractivity contribution >= 4 is 34.9 Å². The van der Waals surface area contributed by atoms with Gasteiger partial charge in [0.1, 0.15) is 11.5 Å². The second-order valence-electron chi connectivity index (χ2n) is 7.77. The number of aryl methyl sites for hydroxylation is 3. The molecule has 3 aromatic heterocycles. The lowest BCUT2D eigenvalue weighted by molar-refractivity contribution is 0.0984. The van der Waals surface area contributed by atoms with Crippen molar-refractivity contribution in [2.24, 2.45) is 0 Å². The zero-order chi connectivity index (χ0) is 22.7. The van der Waals surface area contributed by atoms with Crippen molar-refractivity contribution < 1.29 is 9.59 Å². The van der Waals surface area contributed by atoms with Crippen molar-refractivity contribution in [2.45, 2.75) is 26.8 Å². The number of benzene rings is 1. The molecule has 162 valence electrons. The largest absolute Gasteiger partial charge is 0.342 e. The second kappa shape index (κ2) is 7.16. The number of carbonyl (C=O) groups is 2. The standard InChI is InChI=1S/C22H20ClN7O2/c1-11-9-16(10-28-13(3)25-26-20(11)28)29-18(14-5-7-15(23)8-6-14)17-12(2)27-30(22(32)24-4)19(17)21(29)31/h5-10,18H,1-4H3,(H,24,32). The van der Waals surface area contributed by atoms with E-state index in [0.717, 1.165) is 21.5 Å². The molecule has 1 unspecified atom stereocenters. The van der Waals surface area contributed by atoms with Gasteiger partial charge in [-0.05, 0) is 50.1 Å². The van der Waals surface area contributed by atoms with Crippen LogP contribution in [0.15, 0.2) is 36.5 Å². The van der Waals surface area contributed by atoms with E-state index >= 15 is 0 Å². The van der Waals surface area contributed by atoms with Gasteiger partial charge in [-0.25, -0.2) is 4.79 Å². The number of pyridine rings is 1. The number of amides is 2. The van der Waals surface area contributed by atoms with Crippen molar-refractivity contribution in [3.63, 3.8) is 0 Å². The fraction of sp³-hybridized carbons (Fsp3) is 0.227. The lowest BCUT2D eigenvalue weighted by Gasteiger charge is -2.27. The predicted molar refractivity (Wildman–Crippen MR) is 119 cm³/mol. The van der Waals surface area contributed by atoms with Gasteiger partial charge in [-0.2, -0.15) is 9.78 Å². The number of hydrogen-bond donors (Lipinski definition) is 1. The minimum atomic E-state index is -0.472. The van der Waals surface area contributed by atoms with E-state index in [1.54, 1.807) is 24.0 Å². The minimum Gasteiger partial charge on any atom is -0.339 e. The Kier molecular flexibility index (Phi) is 4.52. The molecule has 0 aliphatic carbocycles. The van der Waals surface area contributed by atoms with Crippen molar-refractivity contribution in [2.75, 3.05) is 11.9 Å². The van der Waals surface area contributed by atoms with Gasteiger partial charge >= 0.3 is 6.03 Å². The molecule has 10 heteroatoms. The van der Waals surface area contributed by atoms with E-state index in [9.17, 15) is 9.59 Å². The average molecular weight is 450 g/mol. The molecule has 0 spiro atoms. The summed E-state index contributed by atoms with van der Waals surface area (Å²) in [4.78, 5) is 28.0. The number of nitrogens with zero attached hydrogens (tertiary/aromatic N) is 6. The summed E-state index contributed by atoms with van der Waals surface area (Å²) in [7, 11) is 1.51. The molecule has 0 saturated heterocycles. The van der Waals surface area contributed by atoms with Gasteiger partial charge in [0.25, 0.3) is 5.91 Å². The summed E-state index contributed by atoms with van der Waals surface area (Å²) in [5.74, 6) is 0.401. The molecule has 0 radical (unpaired) electrons. The molecular formula is C22H20ClN7O2. The fourth-order valence-corrected chi connectivity index (χ4v) is 4.42. The van der Waals surface area contributed by atoms with Gasteiger partial charge in [0.05, 0.1) is 17.4 Å². The highest BCUT2D eigenvalue weighted by molar-refractivity contribution is 6.30. The normalized spacial score (nSPS) is 15.5. The number of nitrogens with one attached hydrogen (secondary N) is 1. The molecule has 4 heterocycles. The molecule has 5 rings (SSSR count). The third kappa shape index (κ3) is 2.81. The maximum atomic E-state index is 13.8. The zero-order valence-electron chi connectivity index (χ0n) is 17.9. The molecule has 1 atom stereocenters. The van der Waals surface area contributed by atoms with E-state index in [-0.39, 0.29) is 11.6 Å². The van der Waals surface area contributed by atoms with Crippen molar-refractivity contribution in [1.29, 1.82) is 0 Å². The lowest BCUT2D eigenvalue weighted by atomic mass is 9.99. The van der Waals surface area contributed by atoms with Gasteiger partial charge in [-0.3, -0.25) is 14.1 Å². The van der Waals surface area contributed by atoms with Crippen LogP contribution in [0.1, 0.15) is 44.7 Å². The van der Waals surface area contributed by atoms with Crippen LogP contribution in [0, 0.1) is 20.8 Å². The van der Waals surface area contributed by atoms with Gasteiger partial charge in [0, 0.05) is 23.8 Å². The van der Waals surface area contributed by atoms with E-state index in [2.05, 4.69) is 20.6 Å². The summed E-state index contributed by atoms with van der Waals surface area (Å²) in [6.07, 6.45) is 1.84. The van der Waals surface area contributed by atoms with Crippen LogP contribution in [-0.2, 0) is 0 Å². The van der Waals surface area contributed by atoms with Gasteiger partial charge in [-0.1, -0.05) is 23.7 Å². The average Bonchev–Trinajstić information content (AvgIpc) is 3.41. The Morgan fingerprint density at radius 3 is 2.53 bits per heavy atom. The van der Waals surface area contributed by atoms with Crippen LogP contribution in [0.5, 0.6) is 0 Å². The Balaban J connectivity index is 1.77. The highest BCUT2D eigenvalue weighted by Crippen LogP contribution is 2.43. The van der Waals surface area contributed by atoms with Gasteiger partial charge in [0.15, 0.2) is 5.65 Å². The molecule has 4 aromatic rings. The quantitative estimate of drug-likeness (QED) is 0.505. The first-order valence-corrected chi connectivity index (χ1v) is 10.4. The summed E-state index contributed by atoms with van der Waals surface area (Å²) in [6, 6.07) is 8.30. The number of fused-ring (bicyclic) bond motifs is 2. The number of rotatable bonds is 2. The smallest absolute Gasteiger partial charge is 0.339 e. The lowest BCUT2D eigenvalue weighted by Crippen LogP contribution is -2.33. The van der Waals surface area contributed by atoms with Crippen molar-refractivity contribution in [3.8, 4) is 0 Å². The summed E-state index contributed by atoms with van der Waals surface area (Å²) < 4.78 is 3.00. The van der Waals surface area contributed by atoms with Crippen LogP contribution in [0.4, 0.5) is 10.5 Å². The number of aromatic nitrogens is 5. The predicted octanol–water partition coefficient (Wildman–Crippen LogP) is 3.44. The zero-order valence-corrected chi connectivity index (χ0v) is 18.7. The number of carbonyl (C=O) groups excluding carboxylic acids is 2. The van der Waals surface area contributed by atoms with Crippen LogP contribution >= 0.6 is 11.6 Å². The Bertz CT molecular complexity index is 1400. The molecule has 1 aromatic carbocycles. The van der Waals surface area contributed by atoms with E-state index in [4.69, 9.17) is 11.6 Å². The summed E-state index contributed by atoms with van der Waals surface area (Å²) in [5, 5.41) is 15.9. The van der Waals surface area contributed by atoms with Crippen LogP contribution in [-0.4, -0.2) is 43.4 Å². The molecule has 1 N–H and O–H groups in total. The first-order chi connectivity index (χ1) is 15.3. The summed E-state index contributed by atoms with van der Waals surface area (Å²) in [6.45, 7) is 5.58. The molecule has 0 bridgehead atoms. The maximum Gasteiger partial charge on any atom is 0.342 e. The number of hydrogen-bond acceptors (Lipinski definition) is 5. The molecule has 0 fully saturated rings. The summed E-state index contributed by atoms with van der Waals surface area (Å²) in [5.41, 5.74) is 4.69. The Labute approximate surface area is 188 Å². The molecule has 0 saturated carbocycles. The molecular weight excluding hydrogens is 430 g/mol. The third-order valence-corrected chi connectivity index (χ3v) is 6.03. The van der Waals surface area contributed by atoms with Crippen LogP contribution in [0.3, 0.4) is 0 Å². The van der Waals surface area contributed by atoms with Gasteiger partial charge < -0.3 is 5.32 Å². The second-order valence-corrected chi connectivity index (χ2v) is 8.20. The highest BCUT2D eigenvalue weighted by Gasteiger charge is 2.45. The Hall–Kier alpha value is -3.72. The molecule has 32 heavy (non-hydrogen) atoms. The van der Waals surface area contributed by atoms with Crippen LogP contribution < -0.4 is 10.2 Å². The van der Waals surface area contributed by atoms with Gasteiger partial charge in [0.2, 0.25) is 0 Å². The number of halogens is 1. The van der Waals surface area contributed by atoms with Crippen molar-refractivity contribution in [1.82, 2.24) is 29.7 Å². The first-order valence-electron chi connectivity index (χ1n) is 10.0. The Morgan fingerprint density at radius 1 is 1.12 bits per heavy atom. The van der Waals surface area contributed by atoms with E-state index in [1.165, 1.54) is 7.05 Å². The highest BCUT2D eigenvalue weighted by atomic mass is 35.5. The van der Waals surface area contributed by atoms with Crippen molar-refractivity contribution in [3.05, 3.63) is 75.5 Å². The fourth-order valence-electron chi connectivity index (χ4n) is 4.29. The van der Waals surface area contributed by atoms with Crippen LogP contribution in [0.25, 0.3) is 5.65 Å². The maximum absolute atomic E-state index is 13.8. The Morgan fingerprint density at radius 2 is 1.84 bits per heavy atom. The topological polar surface area (TPSA) is 97.4 Å². The minimum absolute atomic E-state index is 0.250. The monoisotopic (exact) mass is 449 g/mol. The first kappa shape index (κ1) is 20.2. The molecule has 9 nitrogen and oxygen atoms in total. The molecule has 1 aliphatic rings. The van der Waals surface area contributed by atoms with Crippen LogP contribution in [0.2, 0.25) is 5.02 Å².